The Balaban J connectivity index is 1.77. The van der Waals surface area contributed by atoms with Crippen LogP contribution in [0.1, 0.15) is 11.1 Å². The molecule has 0 aliphatic carbocycles. The Morgan fingerprint density at radius 3 is 2.41 bits per heavy atom. The monoisotopic (exact) mass is 466 g/mol. The first kappa shape index (κ1) is 22.0. The number of ether oxygens (including phenoxy) is 1. The van der Waals surface area contributed by atoms with Crippen molar-refractivity contribution in [1.82, 2.24) is 9.78 Å². The summed E-state index contributed by atoms with van der Waals surface area (Å²) in [5.74, 6) is 0.189. The Morgan fingerprint density at radius 1 is 0.969 bits per heavy atom. The third-order valence-corrected chi connectivity index (χ3v) is 5.58. The van der Waals surface area contributed by atoms with Crippen LogP contribution in [-0.4, -0.2) is 18.5 Å². The number of rotatable bonds is 7. The summed E-state index contributed by atoms with van der Waals surface area (Å²) in [6, 6.07) is 23.4. The van der Waals surface area contributed by atoms with Crippen molar-refractivity contribution in [3.8, 4) is 22.6 Å². The topological polar surface area (TPSA) is 81.4 Å². The Labute approximate surface area is 192 Å². The van der Waals surface area contributed by atoms with E-state index in [1.54, 1.807) is 54.7 Å². The second-order valence-corrected chi connectivity index (χ2v) is 8.39. The van der Waals surface area contributed by atoms with E-state index in [1.165, 1.54) is 4.68 Å². The largest absolute Gasteiger partial charge is 0.482 e. The molecule has 3 aromatic carbocycles. The lowest BCUT2D eigenvalue weighted by molar-refractivity contribution is 0.300. The summed E-state index contributed by atoms with van der Waals surface area (Å²) >= 11 is 4.16. The van der Waals surface area contributed by atoms with Crippen LogP contribution in [0.4, 0.5) is 0 Å². The van der Waals surface area contributed by atoms with E-state index in [0.29, 0.717) is 27.4 Å². The molecule has 0 aliphatic heterocycles. The van der Waals surface area contributed by atoms with Crippen molar-refractivity contribution in [2.75, 3.05) is 0 Å². The van der Waals surface area contributed by atoms with E-state index in [1.807, 2.05) is 30.3 Å². The van der Waals surface area contributed by atoms with Gasteiger partial charge in [-0.2, -0.15) is 9.78 Å². The van der Waals surface area contributed by atoms with Crippen molar-refractivity contribution in [2.45, 2.75) is 12.4 Å². The van der Waals surface area contributed by atoms with E-state index in [4.69, 9.17) is 20.9 Å². The molecule has 0 spiro atoms. The molecule has 4 rings (SSSR count). The van der Waals surface area contributed by atoms with Gasteiger partial charge in [-0.3, -0.25) is 4.79 Å². The lowest BCUT2D eigenvalue weighted by atomic mass is 10.1. The van der Waals surface area contributed by atoms with E-state index < -0.39 is 16.6 Å². The first-order valence-corrected chi connectivity index (χ1v) is 11.4. The highest BCUT2D eigenvalue weighted by atomic mass is 35.5. The standard InChI is InChI=1S/C24H19ClN2O4S/c25-20-7-4-8-21(13-20)27-24(28)23(31-15-17-5-2-1-3-6-17)22(14-26-27)19-11-9-18(10-12-19)16-32(29)30/h1-14H,15-16H2,(H,29,30). The average Bonchev–Trinajstić information content (AvgIpc) is 2.79. The molecule has 1 heterocycles. The van der Waals surface area contributed by atoms with Crippen LogP contribution in [0.5, 0.6) is 5.75 Å². The lowest BCUT2D eigenvalue weighted by Crippen LogP contribution is -2.23. The summed E-state index contributed by atoms with van der Waals surface area (Å²) in [7, 11) is 0. The second kappa shape index (κ2) is 9.91. The molecule has 0 saturated heterocycles. The molecule has 1 aromatic heterocycles. The third kappa shape index (κ3) is 5.13. The van der Waals surface area contributed by atoms with E-state index in [0.717, 1.165) is 5.56 Å². The van der Waals surface area contributed by atoms with Crippen molar-refractivity contribution in [2.24, 2.45) is 0 Å². The van der Waals surface area contributed by atoms with Crippen molar-refractivity contribution >= 4 is 22.7 Å². The van der Waals surface area contributed by atoms with Gasteiger partial charge in [-0.1, -0.05) is 72.3 Å². The minimum atomic E-state index is -1.93. The van der Waals surface area contributed by atoms with Gasteiger partial charge in [-0.25, -0.2) is 4.21 Å². The number of hydrogen-bond acceptors (Lipinski definition) is 4. The zero-order valence-corrected chi connectivity index (χ0v) is 18.4. The molecule has 8 heteroatoms. The molecule has 0 fully saturated rings. The molecule has 0 saturated carbocycles. The molecular weight excluding hydrogens is 448 g/mol. The lowest BCUT2D eigenvalue weighted by Gasteiger charge is -2.14. The molecule has 0 aliphatic rings. The summed E-state index contributed by atoms with van der Waals surface area (Å²) in [6.07, 6.45) is 1.57. The maximum Gasteiger partial charge on any atom is 0.314 e. The van der Waals surface area contributed by atoms with E-state index >= 15 is 0 Å². The third-order valence-electron chi connectivity index (χ3n) is 4.77. The quantitative estimate of drug-likeness (QED) is 0.393. The smallest absolute Gasteiger partial charge is 0.314 e. The van der Waals surface area contributed by atoms with Gasteiger partial charge in [-0.15, -0.1) is 0 Å². The van der Waals surface area contributed by atoms with Crippen molar-refractivity contribution in [3.05, 3.63) is 112 Å². The predicted molar refractivity (Wildman–Crippen MR) is 126 cm³/mol. The van der Waals surface area contributed by atoms with Crippen LogP contribution in [0.25, 0.3) is 16.8 Å². The fraction of sp³-hybridized carbons (Fsp3) is 0.0833. The molecule has 162 valence electrons. The second-order valence-electron chi connectivity index (χ2n) is 7.02. The van der Waals surface area contributed by atoms with Gasteiger partial charge in [0.25, 0.3) is 0 Å². The summed E-state index contributed by atoms with van der Waals surface area (Å²) in [5.41, 5.74) is 2.98. The zero-order valence-electron chi connectivity index (χ0n) is 16.8. The van der Waals surface area contributed by atoms with E-state index in [2.05, 4.69) is 5.10 Å². The number of halogens is 1. The molecule has 1 atom stereocenters. The Bertz CT molecular complexity index is 1310. The van der Waals surface area contributed by atoms with Gasteiger partial charge in [0.1, 0.15) is 6.61 Å². The molecule has 6 nitrogen and oxygen atoms in total. The highest BCUT2D eigenvalue weighted by molar-refractivity contribution is 7.78. The van der Waals surface area contributed by atoms with Gasteiger partial charge >= 0.3 is 5.56 Å². The van der Waals surface area contributed by atoms with Crippen molar-refractivity contribution in [3.63, 3.8) is 0 Å². The Hall–Kier alpha value is -3.26. The number of benzene rings is 3. The van der Waals surface area contributed by atoms with Crippen molar-refractivity contribution < 1.29 is 13.5 Å². The fourth-order valence-electron chi connectivity index (χ4n) is 3.23. The van der Waals surface area contributed by atoms with Crippen molar-refractivity contribution in [1.29, 1.82) is 0 Å². The maximum atomic E-state index is 13.4. The van der Waals surface area contributed by atoms with E-state index in [9.17, 15) is 9.00 Å². The van der Waals surface area contributed by atoms with Crippen LogP contribution in [0.3, 0.4) is 0 Å². The first-order valence-electron chi connectivity index (χ1n) is 9.73. The minimum absolute atomic E-state index is 0.0340. The molecule has 32 heavy (non-hydrogen) atoms. The van der Waals surface area contributed by atoms with Gasteiger partial charge in [-0.05, 0) is 34.9 Å². The average molecular weight is 467 g/mol. The predicted octanol–water partition coefficient (Wildman–Crippen LogP) is 4.85. The van der Waals surface area contributed by atoms with Crippen LogP contribution in [0.2, 0.25) is 5.02 Å². The Kier molecular flexibility index (Phi) is 6.80. The summed E-state index contributed by atoms with van der Waals surface area (Å²) < 4.78 is 27.4. The molecular formula is C24H19ClN2O4S. The molecule has 0 amide bonds. The SMILES string of the molecule is O=c1c(OCc2ccccc2)c(-c2ccc(CS(=O)O)cc2)cnn1-c1cccc(Cl)c1. The molecule has 4 aromatic rings. The van der Waals surface area contributed by atoms with Crippen LogP contribution < -0.4 is 10.3 Å². The zero-order chi connectivity index (χ0) is 22.5. The van der Waals surface area contributed by atoms with Crippen LogP contribution in [0, 0.1) is 0 Å². The van der Waals surface area contributed by atoms with Gasteiger partial charge in [0, 0.05) is 10.6 Å². The number of aromatic nitrogens is 2. The highest BCUT2D eigenvalue weighted by Crippen LogP contribution is 2.28. The fourth-order valence-corrected chi connectivity index (χ4v) is 3.89. The molecule has 1 N–H and O–H groups in total. The van der Waals surface area contributed by atoms with Gasteiger partial charge < -0.3 is 9.29 Å². The number of nitrogens with zero attached hydrogens (tertiary/aromatic N) is 2. The summed E-state index contributed by atoms with van der Waals surface area (Å²) in [4.78, 5) is 13.4. The van der Waals surface area contributed by atoms with E-state index in [-0.39, 0.29) is 18.1 Å². The van der Waals surface area contributed by atoms with Gasteiger partial charge in [0.05, 0.1) is 17.6 Å². The van der Waals surface area contributed by atoms with Crippen LogP contribution in [-0.2, 0) is 23.4 Å². The van der Waals surface area contributed by atoms with Gasteiger partial charge in [0.2, 0.25) is 0 Å². The van der Waals surface area contributed by atoms with Crippen LogP contribution >= 0.6 is 11.6 Å². The summed E-state index contributed by atoms with van der Waals surface area (Å²) in [5, 5.41) is 4.82. The first-order chi connectivity index (χ1) is 15.5. The summed E-state index contributed by atoms with van der Waals surface area (Å²) in [6.45, 7) is 0.213. The maximum absolute atomic E-state index is 13.4. The molecule has 0 bridgehead atoms. The Morgan fingerprint density at radius 2 is 1.72 bits per heavy atom. The molecule has 1 unspecified atom stereocenters. The highest BCUT2D eigenvalue weighted by Gasteiger charge is 2.16. The normalized spacial score (nSPS) is 11.8. The molecule has 0 radical (unpaired) electrons. The number of hydrogen-bond donors (Lipinski definition) is 1. The van der Waals surface area contributed by atoms with Crippen LogP contribution in [0.15, 0.2) is 89.9 Å². The minimum Gasteiger partial charge on any atom is -0.482 e. The van der Waals surface area contributed by atoms with Gasteiger partial charge in [0.15, 0.2) is 16.8 Å².